The average Bonchev–Trinajstić information content (AvgIpc) is 3.32. The molecule has 5 nitrogen and oxygen atoms in total. The number of nitrogens with one attached hydrogen (secondary N) is 1. The van der Waals surface area contributed by atoms with Gasteiger partial charge in [0.05, 0.1) is 23.6 Å². The van der Waals surface area contributed by atoms with E-state index < -0.39 is 0 Å². The number of hydrogen-bond acceptors (Lipinski definition) is 3. The molecule has 142 valence electrons. The lowest BCUT2D eigenvalue weighted by atomic mass is 10.00. The molecule has 5 heteroatoms. The van der Waals surface area contributed by atoms with Gasteiger partial charge in [-0.05, 0) is 43.2 Å². The number of H-pyrrole nitrogens is 1. The van der Waals surface area contributed by atoms with E-state index in [1.807, 2.05) is 18.5 Å². The molecule has 28 heavy (non-hydrogen) atoms. The van der Waals surface area contributed by atoms with Gasteiger partial charge in [-0.15, -0.1) is 0 Å². The molecule has 1 aromatic carbocycles. The van der Waals surface area contributed by atoms with E-state index in [9.17, 15) is 0 Å². The lowest BCUT2D eigenvalue weighted by molar-refractivity contribution is 0.561. The number of rotatable bonds is 3. The van der Waals surface area contributed by atoms with Gasteiger partial charge in [0, 0.05) is 47.6 Å². The molecule has 3 aromatic heterocycles. The molecule has 1 aliphatic rings. The van der Waals surface area contributed by atoms with Crippen LogP contribution in [0.15, 0.2) is 48.8 Å². The first-order chi connectivity index (χ1) is 13.6. The molecule has 4 aromatic rings. The van der Waals surface area contributed by atoms with Crippen molar-refractivity contribution in [3.8, 4) is 11.3 Å². The summed E-state index contributed by atoms with van der Waals surface area (Å²) in [7, 11) is 0. The van der Waals surface area contributed by atoms with Crippen molar-refractivity contribution in [3.05, 3.63) is 66.0 Å². The van der Waals surface area contributed by atoms with Gasteiger partial charge in [0.15, 0.2) is 0 Å². The van der Waals surface area contributed by atoms with E-state index in [4.69, 9.17) is 4.98 Å². The van der Waals surface area contributed by atoms with Gasteiger partial charge in [-0.1, -0.05) is 19.9 Å². The highest BCUT2D eigenvalue weighted by atomic mass is 15.2. The predicted molar refractivity (Wildman–Crippen MR) is 114 cm³/mol. The van der Waals surface area contributed by atoms with Crippen LogP contribution >= 0.6 is 0 Å². The highest BCUT2D eigenvalue weighted by molar-refractivity contribution is 5.92. The molecule has 0 fully saturated rings. The van der Waals surface area contributed by atoms with Crippen molar-refractivity contribution in [2.75, 3.05) is 11.4 Å². The molecule has 0 saturated heterocycles. The molecular weight excluding hydrogens is 346 g/mol. The number of anilines is 1. The quantitative estimate of drug-likeness (QED) is 0.558. The van der Waals surface area contributed by atoms with Crippen LogP contribution < -0.4 is 4.90 Å². The SMILES string of the molecule is Cc1nc(-c2cccnc2C(C)C)c2n1CCN(c1cccc3[nH]ccc13)C2. The largest absolute Gasteiger partial charge is 0.363 e. The Kier molecular flexibility index (Phi) is 3.97. The Morgan fingerprint density at radius 3 is 2.82 bits per heavy atom. The Labute approximate surface area is 165 Å². The minimum atomic E-state index is 0.363. The number of imidazole rings is 1. The molecule has 1 N–H and O–H groups in total. The minimum Gasteiger partial charge on any atom is -0.363 e. The van der Waals surface area contributed by atoms with E-state index in [1.54, 1.807) is 0 Å². The molecule has 0 saturated carbocycles. The lowest BCUT2D eigenvalue weighted by Crippen LogP contribution is -2.34. The summed E-state index contributed by atoms with van der Waals surface area (Å²) in [4.78, 5) is 15.4. The van der Waals surface area contributed by atoms with Crippen LogP contribution in [0.25, 0.3) is 22.2 Å². The summed E-state index contributed by atoms with van der Waals surface area (Å²) < 4.78 is 2.38. The van der Waals surface area contributed by atoms with Gasteiger partial charge in [-0.2, -0.15) is 0 Å². The summed E-state index contributed by atoms with van der Waals surface area (Å²) in [6.07, 6.45) is 3.90. The Bertz CT molecular complexity index is 1150. The number of aryl methyl sites for hydroxylation is 1. The third-order valence-electron chi connectivity index (χ3n) is 5.75. The molecule has 0 bridgehead atoms. The van der Waals surface area contributed by atoms with Crippen LogP contribution in [0.4, 0.5) is 5.69 Å². The number of aromatic nitrogens is 4. The number of aromatic amines is 1. The van der Waals surface area contributed by atoms with Crippen LogP contribution in [0.3, 0.4) is 0 Å². The zero-order valence-corrected chi connectivity index (χ0v) is 16.6. The van der Waals surface area contributed by atoms with Gasteiger partial charge in [0.2, 0.25) is 0 Å². The Morgan fingerprint density at radius 1 is 1.07 bits per heavy atom. The molecule has 0 atom stereocenters. The van der Waals surface area contributed by atoms with Gasteiger partial charge >= 0.3 is 0 Å². The first-order valence-electron chi connectivity index (χ1n) is 9.96. The standard InChI is InChI=1S/C23H25N5/c1-15(2)22-18(6-5-10-25-22)23-21-14-27(12-13-28(21)16(3)26-23)20-8-4-7-19-17(20)9-11-24-19/h4-11,15,24H,12-14H2,1-3H3. The second-order valence-corrected chi connectivity index (χ2v) is 7.83. The van der Waals surface area contributed by atoms with Crippen molar-refractivity contribution in [3.63, 3.8) is 0 Å². The van der Waals surface area contributed by atoms with Gasteiger partial charge in [0.25, 0.3) is 0 Å². The fourth-order valence-corrected chi connectivity index (χ4v) is 4.39. The van der Waals surface area contributed by atoms with Crippen molar-refractivity contribution >= 4 is 16.6 Å². The third-order valence-corrected chi connectivity index (χ3v) is 5.75. The molecular formula is C23H25N5. The van der Waals surface area contributed by atoms with E-state index in [-0.39, 0.29) is 0 Å². The van der Waals surface area contributed by atoms with Crippen molar-refractivity contribution in [1.29, 1.82) is 0 Å². The predicted octanol–water partition coefficient (Wildman–Crippen LogP) is 4.88. The zero-order valence-electron chi connectivity index (χ0n) is 16.6. The first kappa shape index (κ1) is 17.0. The van der Waals surface area contributed by atoms with E-state index in [2.05, 4.69) is 70.5 Å². The van der Waals surface area contributed by atoms with Crippen LogP contribution in [0.5, 0.6) is 0 Å². The number of pyridine rings is 1. The molecule has 5 rings (SSSR count). The van der Waals surface area contributed by atoms with E-state index in [0.717, 1.165) is 42.4 Å². The molecule has 0 aliphatic carbocycles. The number of nitrogens with zero attached hydrogens (tertiary/aromatic N) is 4. The summed E-state index contributed by atoms with van der Waals surface area (Å²) >= 11 is 0. The topological polar surface area (TPSA) is 49.7 Å². The van der Waals surface area contributed by atoms with E-state index in [1.165, 1.54) is 22.3 Å². The van der Waals surface area contributed by atoms with Crippen molar-refractivity contribution in [2.45, 2.75) is 39.8 Å². The van der Waals surface area contributed by atoms with Crippen LogP contribution in [0, 0.1) is 6.92 Å². The van der Waals surface area contributed by atoms with E-state index >= 15 is 0 Å². The normalized spacial score (nSPS) is 14.1. The summed E-state index contributed by atoms with van der Waals surface area (Å²) in [5.74, 6) is 1.45. The van der Waals surface area contributed by atoms with Crippen molar-refractivity contribution < 1.29 is 0 Å². The van der Waals surface area contributed by atoms with Crippen LogP contribution in [0.2, 0.25) is 0 Å². The summed E-state index contributed by atoms with van der Waals surface area (Å²) in [6.45, 7) is 9.29. The number of benzene rings is 1. The van der Waals surface area contributed by atoms with Gasteiger partial charge in [-0.3, -0.25) is 4.98 Å². The van der Waals surface area contributed by atoms with Crippen LogP contribution in [-0.2, 0) is 13.1 Å². The summed E-state index contributed by atoms with van der Waals surface area (Å²) in [5, 5.41) is 1.28. The maximum absolute atomic E-state index is 4.98. The second kappa shape index (κ2) is 6.51. The second-order valence-electron chi connectivity index (χ2n) is 7.83. The highest BCUT2D eigenvalue weighted by Crippen LogP contribution is 2.35. The molecule has 0 spiro atoms. The van der Waals surface area contributed by atoms with E-state index in [0.29, 0.717) is 5.92 Å². The van der Waals surface area contributed by atoms with Gasteiger partial charge in [0.1, 0.15) is 5.82 Å². The number of fused-ring (bicyclic) bond motifs is 2. The van der Waals surface area contributed by atoms with Gasteiger partial charge < -0.3 is 14.5 Å². The summed E-state index contributed by atoms with van der Waals surface area (Å²) in [6, 6.07) is 12.8. The molecule has 0 unspecified atom stereocenters. The minimum absolute atomic E-state index is 0.363. The Morgan fingerprint density at radius 2 is 1.96 bits per heavy atom. The maximum Gasteiger partial charge on any atom is 0.106 e. The monoisotopic (exact) mass is 371 g/mol. The lowest BCUT2D eigenvalue weighted by Gasteiger charge is -2.31. The fraction of sp³-hybridized carbons (Fsp3) is 0.304. The van der Waals surface area contributed by atoms with Crippen LogP contribution in [0.1, 0.15) is 37.0 Å². The molecule has 0 amide bonds. The fourth-order valence-electron chi connectivity index (χ4n) is 4.39. The van der Waals surface area contributed by atoms with Crippen LogP contribution in [-0.4, -0.2) is 26.1 Å². The zero-order chi connectivity index (χ0) is 19.3. The summed E-state index contributed by atoms with van der Waals surface area (Å²) in [5.41, 5.74) is 7.11. The first-order valence-corrected chi connectivity index (χ1v) is 9.96. The average molecular weight is 371 g/mol. The third kappa shape index (κ3) is 2.61. The van der Waals surface area contributed by atoms with Gasteiger partial charge in [-0.25, -0.2) is 4.98 Å². The Hall–Kier alpha value is -3.08. The highest BCUT2D eigenvalue weighted by Gasteiger charge is 2.26. The van der Waals surface area contributed by atoms with Crippen molar-refractivity contribution in [1.82, 2.24) is 19.5 Å². The Balaban J connectivity index is 1.61. The number of hydrogen-bond donors (Lipinski definition) is 1. The smallest absolute Gasteiger partial charge is 0.106 e. The molecule has 4 heterocycles. The molecule has 1 aliphatic heterocycles. The maximum atomic E-state index is 4.98. The molecule has 0 radical (unpaired) electrons. The van der Waals surface area contributed by atoms with Crippen molar-refractivity contribution in [2.24, 2.45) is 0 Å².